The minimum Gasteiger partial charge on any atom is -0.415 e. The largest absolute Gasteiger partial charge is 0.415 e. The quantitative estimate of drug-likeness (QED) is 0.366. The van der Waals surface area contributed by atoms with E-state index in [2.05, 4.69) is 6.92 Å². The van der Waals surface area contributed by atoms with Gasteiger partial charge in [0.2, 0.25) is 9.76 Å². The fourth-order valence-corrected chi connectivity index (χ4v) is 1.28. The van der Waals surface area contributed by atoms with Crippen molar-refractivity contribution in [2.75, 3.05) is 46.2 Å². The van der Waals surface area contributed by atoms with Gasteiger partial charge in [0, 0.05) is 6.61 Å². The highest BCUT2D eigenvalue weighted by Crippen LogP contribution is 1.88. The monoisotopic (exact) mass is 248 g/mol. The third-order valence-electron chi connectivity index (χ3n) is 1.86. The molecular weight excluding hydrogens is 224 g/mol. The zero-order chi connectivity index (χ0) is 11.9. The Labute approximate surface area is 102 Å². The van der Waals surface area contributed by atoms with Gasteiger partial charge in [0.05, 0.1) is 39.6 Å². The lowest BCUT2D eigenvalue weighted by atomic mass is 10.4. The second kappa shape index (κ2) is 15.1. The Balaban J connectivity index is 2.83. The van der Waals surface area contributed by atoms with E-state index >= 15 is 0 Å². The lowest BCUT2D eigenvalue weighted by molar-refractivity contribution is 0.00914. The summed E-state index contributed by atoms with van der Waals surface area (Å²) in [7, 11) is 0.542. The van der Waals surface area contributed by atoms with Crippen molar-refractivity contribution in [3.05, 3.63) is 0 Å². The zero-order valence-electron chi connectivity index (χ0n) is 10.5. The van der Waals surface area contributed by atoms with Crippen LogP contribution in [0.4, 0.5) is 0 Å². The average Bonchev–Trinajstić information content (AvgIpc) is 2.31. The van der Waals surface area contributed by atoms with Crippen LogP contribution in [0.25, 0.3) is 0 Å². The summed E-state index contributed by atoms with van der Waals surface area (Å²) in [5, 5.41) is 0. The number of hydrogen-bond donors (Lipinski definition) is 0. The van der Waals surface area contributed by atoms with Gasteiger partial charge in [-0.2, -0.15) is 0 Å². The molecule has 4 nitrogen and oxygen atoms in total. The smallest absolute Gasteiger partial charge is 0.226 e. The summed E-state index contributed by atoms with van der Waals surface area (Å²) >= 11 is 0. The van der Waals surface area contributed by atoms with Crippen LogP contribution in [0.5, 0.6) is 0 Å². The molecule has 0 bridgehead atoms. The fourth-order valence-electron chi connectivity index (χ4n) is 0.991. The fraction of sp³-hybridized carbons (Fsp3) is 1.00. The molecule has 2 radical (unpaired) electrons. The van der Waals surface area contributed by atoms with Crippen LogP contribution >= 0.6 is 0 Å². The van der Waals surface area contributed by atoms with E-state index in [1.807, 2.05) is 6.55 Å². The molecule has 0 N–H and O–H groups in total. The van der Waals surface area contributed by atoms with Crippen molar-refractivity contribution in [2.24, 2.45) is 0 Å². The summed E-state index contributed by atoms with van der Waals surface area (Å²) in [5.74, 6) is 0. The predicted molar refractivity (Wildman–Crippen MR) is 64.9 cm³/mol. The molecule has 5 heteroatoms. The van der Waals surface area contributed by atoms with Crippen LogP contribution in [0.3, 0.4) is 0 Å². The normalized spacial score (nSPS) is 10.9. The average molecular weight is 248 g/mol. The zero-order valence-corrected chi connectivity index (χ0v) is 11.5. The predicted octanol–water partition coefficient (Wildman–Crippen LogP) is 1.52. The van der Waals surface area contributed by atoms with Gasteiger partial charge in [-0.05, 0) is 13.0 Å². The summed E-state index contributed by atoms with van der Waals surface area (Å²) < 4.78 is 21.1. The number of rotatable bonds is 13. The molecule has 0 aliphatic carbocycles. The van der Waals surface area contributed by atoms with Crippen LogP contribution in [-0.4, -0.2) is 56.0 Å². The van der Waals surface area contributed by atoms with E-state index in [1.54, 1.807) is 0 Å². The van der Waals surface area contributed by atoms with Crippen molar-refractivity contribution in [3.8, 4) is 0 Å². The molecule has 0 saturated carbocycles. The molecule has 0 heterocycles. The highest BCUT2D eigenvalue weighted by molar-refractivity contribution is 6.24. The molecule has 0 fully saturated rings. The van der Waals surface area contributed by atoms with Gasteiger partial charge >= 0.3 is 0 Å². The first-order chi connectivity index (χ1) is 7.91. The molecule has 96 valence electrons. The van der Waals surface area contributed by atoms with Gasteiger partial charge in [-0.1, -0.05) is 13.3 Å². The first kappa shape index (κ1) is 16.1. The van der Waals surface area contributed by atoms with E-state index in [9.17, 15) is 0 Å². The summed E-state index contributed by atoms with van der Waals surface area (Å²) in [6.07, 6.45) is 2.30. The number of unbranched alkanes of at least 4 members (excludes halogenated alkanes) is 1. The number of hydrogen-bond acceptors (Lipinski definition) is 4. The van der Waals surface area contributed by atoms with Crippen molar-refractivity contribution in [1.29, 1.82) is 0 Å². The van der Waals surface area contributed by atoms with E-state index in [-0.39, 0.29) is 0 Å². The Kier molecular flexibility index (Phi) is 15.1. The number of ether oxygens (including phenoxy) is 3. The molecule has 0 aromatic carbocycles. The summed E-state index contributed by atoms with van der Waals surface area (Å²) in [5.41, 5.74) is 0. The first-order valence-electron chi connectivity index (χ1n) is 5.93. The van der Waals surface area contributed by atoms with E-state index < -0.39 is 0 Å². The van der Waals surface area contributed by atoms with Crippen LogP contribution in [0.2, 0.25) is 6.55 Å². The van der Waals surface area contributed by atoms with Gasteiger partial charge in [-0.25, -0.2) is 0 Å². The van der Waals surface area contributed by atoms with Gasteiger partial charge < -0.3 is 18.6 Å². The Morgan fingerprint density at radius 3 is 1.75 bits per heavy atom. The van der Waals surface area contributed by atoms with Crippen LogP contribution in [-0.2, 0) is 18.6 Å². The third-order valence-corrected chi connectivity index (χ3v) is 2.35. The Morgan fingerprint density at radius 2 is 1.25 bits per heavy atom. The van der Waals surface area contributed by atoms with Gasteiger partial charge in [0.1, 0.15) is 0 Å². The Hall–Kier alpha value is 0.0569. The molecule has 0 unspecified atom stereocenters. The second-order valence-corrected chi connectivity index (χ2v) is 3.94. The summed E-state index contributed by atoms with van der Waals surface area (Å²) in [6, 6.07) is 0. The molecule has 0 saturated heterocycles. The molecule has 0 aliphatic rings. The standard InChI is InChI=1S/C11H24O4Si/c1-3-4-5-12-6-7-13-8-9-14-10-11-15-16-2/h3-11H2,1-2H3. The van der Waals surface area contributed by atoms with Crippen molar-refractivity contribution >= 4 is 9.76 Å². The summed E-state index contributed by atoms with van der Waals surface area (Å²) in [6.45, 7) is 8.91. The van der Waals surface area contributed by atoms with E-state index in [1.165, 1.54) is 6.42 Å². The molecule has 0 rings (SSSR count). The topological polar surface area (TPSA) is 36.9 Å². The maximum absolute atomic E-state index is 5.35. The van der Waals surface area contributed by atoms with E-state index in [0.29, 0.717) is 49.4 Å². The van der Waals surface area contributed by atoms with Gasteiger partial charge in [0.25, 0.3) is 0 Å². The molecule has 0 spiro atoms. The maximum atomic E-state index is 5.35. The van der Waals surface area contributed by atoms with Crippen molar-refractivity contribution < 1.29 is 18.6 Å². The van der Waals surface area contributed by atoms with Gasteiger partial charge in [-0.15, -0.1) is 0 Å². The van der Waals surface area contributed by atoms with Gasteiger partial charge in [-0.3, -0.25) is 0 Å². The lowest BCUT2D eigenvalue weighted by Crippen LogP contribution is -2.12. The van der Waals surface area contributed by atoms with Crippen molar-refractivity contribution in [1.82, 2.24) is 0 Å². The van der Waals surface area contributed by atoms with Gasteiger partial charge in [0.15, 0.2) is 0 Å². The van der Waals surface area contributed by atoms with E-state index in [0.717, 1.165) is 13.0 Å². The van der Waals surface area contributed by atoms with Crippen LogP contribution < -0.4 is 0 Å². The maximum Gasteiger partial charge on any atom is 0.226 e. The minimum atomic E-state index is 0.542. The molecule has 16 heavy (non-hydrogen) atoms. The minimum absolute atomic E-state index is 0.542. The van der Waals surface area contributed by atoms with Crippen LogP contribution in [0.15, 0.2) is 0 Å². The van der Waals surface area contributed by atoms with Crippen molar-refractivity contribution in [3.63, 3.8) is 0 Å². The SMILES string of the molecule is CCCCOCCOCCOCCO[Si]C. The summed E-state index contributed by atoms with van der Waals surface area (Å²) in [4.78, 5) is 0. The second-order valence-electron chi connectivity index (χ2n) is 3.24. The lowest BCUT2D eigenvalue weighted by Gasteiger charge is -2.06. The van der Waals surface area contributed by atoms with E-state index in [4.69, 9.17) is 18.6 Å². The highest BCUT2D eigenvalue weighted by atomic mass is 28.2. The molecule has 0 amide bonds. The Morgan fingerprint density at radius 1 is 0.750 bits per heavy atom. The third kappa shape index (κ3) is 14.1. The molecule has 0 atom stereocenters. The molecule has 0 aromatic rings. The van der Waals surface area contributed by atoms with Crippen LogP contribution in [0, 0.1) is 0 Å². The van der Waals surface area contributed by atoms with Crippen LogP contribution in [0.1, 0.15) is 19.8 Å². The molecular formula is C11H24O4Si. The molecule has 0 aliphatic heterocycles. The highest BCUT2D eigenvalue weighted by Gasteiger charge is 1.91. The first-order valence-corrected chi connectivity index (χ1v) is 7.34. The van der Waals surface area contributed by atoms with Crippen molar-refractivity contribution in [2.45, 2.75) is 26.3 Å². The molecule has 0 aromatic heterocycles. The Bertz CT molecular complexity index is 111.